The first kappa shape index (κ1) is 16.0. The fourth-order valence-corrected chi connectivity index (χ4v) is 3.60. The van der Waals surface area contributed by atoms with Gasteiger partial charge in [-0.1, -0.05) is 36.0 Å². The Morgan fingerprint density at radius 3 is 2.60 bits per heavy atom. The van der Waals surface area contributed by atoms with Crippen LogP contribution in [0, 0.1) is 0 Å². The highest BCUT2D eigenvalue weighted by atomic mass is 35.5. The number of amides is 1. The minimum Gasteiger partial charge on any atom is -0.388 e. The lowest BCUT2D eigenvalue weighted by atomic mass is 10.0. The largest absolute Gasteiger partial charge is 0.388 e. The van der Waals surface area contributed by atoms with Crippen molar-refractivity contribution in [3.8, 4) is 0 Å². The number of carbonyl (C=O) groups is 1. The van der Waals surface area contributed by atoms with Gasteiger partial charge >= 0.3 is 0 Å². The van der Waals surface area contributed by atoms with Crippen molar-refractivity contribution >= 4 is 40.9 Å². The van der Waals surface area contributed by atoms with Crippen molar-refractivity contribution in [1.82, 2.24) is 5.32 Å². The number of halogens is 2. The quantitative estimate of drug-likeness (QED) is 0.825. The first-order valence-corrected chi connectivity index (χ1v) is 8.47. The highest BCUT2D eigenvalue weighted by molar-refractivity contribution is 7.98. The van der Waals surface area contributed by atoms with E-state index in [0.717, 1.165) is 30.6 Å². The van der Waals surface area contributed by atoms with Crippen molar-refractivity contribution < 1.29 is 9.90 Å². The van der Waals surface area contributed by atoms with Gasteiger partial charge in [0.1, 0.15) is 0 Å². The maximum absolute atomic E-state index is 12.2. The van der Waals surface area contributed by atoms with Gasteiger partial charge in [-0.05, 0) is 31.2 Å². The molecule has 3 nitrogen and oxygen atoms in total. The summed E-state index contributed by atoms with van der Waals surface area (Å²) < 4.78 is 0. The predicted molar refractivity (Wildman–Crippen MR) is 84.0 cm³/mol. The van der Waals surface area contributed by atoms with Crippen LogP contribution < -0.4 is 5.32 Å². The Balaban J connectivity index is 2.09. The molecule has 1 fully saturated rings. The lowest BCUT2D eigenvalue weighted by Crippen LogP contribution is -2.40. The monoisotopic (exact) mass is 333 g/mol. The second kappa shape index (κ2) is 6.56. The van der Waals surface area contributed by atoms with E-state index in [1.807, 2.05) is 6.26 Å². The van der Waals surface area contributed by atoms with Crippen molar-refractivity contribution in [2.45, 2.75) is 36.2 Å². The Morgan fingerprint density at radius 1 is 1.35 bits per heavy atom. The van der Waals surface area contributed by atoms with E-state index < -0.39 is 5.60 Å². The highest BCUT2D eigenvalue weighted by Crippen LogP contribution is 2.32. The van der Waals surface area contributed by atoms with E-state index in [1.165, 1.54) is 11.8 Å². The van der Waals surface area contributed by atoms with Crippen molar-refractivity contribution in [3.05, 3.63) is 27.7 Å². The number of hydrogen-bond donors (Lipinski definition) is 2. The third-order valence-electron chi connectivity index (χ3n) is 3.60. The van der Waals surface area contributed by atoms with E-state index in [9.17, 15) is 9.90 Å². The summed E-state index contributed by atoms with van der Waals surface area (Å²) in [5, 5.41) is 13.9. The van der Waals surface area contributed by atoms with Crippen molar-refractivity contribution in [2.75, 3.05) is 12.8 Å². The SMILES string of the molecule is CSc1cc(C(=O)NCC2(O)CCCC2)c(Cl)cc1Cl. The summed E-state index contributed by atoms with van der Waals surface area (Å²) in [6, 6.07) is 3.26. The van der Waals surface area contributed by atoms with Crippen LogP contribution in [0.3, 0.4) is 0 Å². The molecule has 0 saturated heterocycles. The molecule has 1 amide bonds. The zero-order valence-electron chi connectivity index (χ0n) is 11.2. The number of aliphatic hydroxyl groups is 1. The molecule has 6 heteroatoms. The molecule has 2 rings (SSSR count). The summed E-state index contributed by atoms with van der Waals surface area (Å²) in [6.45, 7) is 0.263. The number of hydrogen-bond acceptors (Lipinski definition) is 3. The molecule has 0 atom stereocenters. The molecular formula is C14H17Cl2NO2S. The molecule has 0 radical (unpaired) electrons. The van der Waals surface area contributed by atoms with Gasteiger partial charge in [-0.2, -0.15) is 0 Å². The van der Waals surface area contributed by atoms with Crippen LogP contribution in [0.25, 0.3) is 0 Å². The molecule has 1 aliphatic rings. The van der Waals surface area contributed by atoms with Crippen LogP contribution >= 0.6 is 35.0 Å². The van der Waals surface area contributed by atoms with Gasteiger partial charge in [-0.25, -0.2) is 0 Å². The van der Waals surface area contributed by atoms with E-state index in [2.05, 4.69) is 5.32 Å². The molecule has 1 saturated carbocycles. The van der Waals surface area contributed by atoms with Crippen LogP contribution in [0.2, 0.25) is 10.0 Å². The second-order valence-corrected chi connectivity index (χ2v) is 6.74. The standard InChI is InChI=1S/C14H17Cl2NO2S/c1-20-12-6-9(10(15)7-11(12)16)13(18)17-8-14(19)4-2-3-5-14/h6-7,19H,2-5,8H2,1H3,(H,17,18). The average molecular weight is 334 g/mol. The molecule has 1 aliphatic carbocycles. The van der Waals surface area contributed by atoms with Gasteiger partial charge in [0, 0.05) is 11.4 Å². The maximum Gasteiger partial charge on any atom is 0.252 e. The lowest BCUT2D eigenvalue weighted by molar-refractivity contribution is 0.0449. The lowest BCUT2D eigenvalue weighted by Gasteiger charge is -2.22. The van der Waals surface area contributed by atoms with E-state index in [1.54, 1.807) is 12.1 Å². The Bertz CT molecular complexity index is 516. The molecule has 110 valence electrons. The third kappa shape index (κ3) is 3.61. The van der Waals surface area contributed by atoms with Gasteiger partial charge in [0.15, 0.2) is 0 Å². The predicted octanol–water partition coefficient (Wildman–Crippen LogP) is 3.75. The fraction of sp³-hybridized carbons (Fsp3) is 0.500. The van der Waals surface area contributed by atoms with Crippen LogP contribution in [0.5, 0.6) is 0 Å². The molecular weight excluding hydrogens is 317 g/mol. The molecule has 2 N–H and O–H groups in total. The fourth-order valence-electron chi connectivity index (χ4n) is 2.41. The molecule has 0 unspecified atom stereocenters. The average Bonchev–Trinajstić information content (AvgIpc) is 2.84. The highest BCUT2D eigenvalue weighted by Gasteiger charge is 2.31. The number of thioether (sulfide) groups is 1. The first-order chi connectivity index (χ1) is 9.45. The topological polar surface area (TPSA) is 49.3 Å². The molecule has 0 bridgehead atoms. The van der Waals surface area contributed by atoms with E-state index in [0.29, 0.717) is 15.6 Å². The molecule has 1 aromatic rings. The van der Waals surface area contributed by atoms with Crippen molar-refractivity contribution in [1.29, 1.82) is 0 Å². The van der Waals surface area contributed by atoms with Crippen LogP contribution in [0.1, 0.15) is 36.0 Å². The van der Waals surface area contributed by atoms with Gasteiger partial charge in [0.2, 0.25) is 0 Å². The minimum atomic E-state index is -0.767. The Labute approximate surface area is 133 Å². The summed E-state index contributed by atoms with van der Waals surface area (Å²) in [4.78, 5) is 13.0. The minimum absolute atomic E-state index is 0.263. The van der Waals surface area contributed by atoms with Crippen LogP contribution in [-0.2, 0) is 0 Å². The Hall–Kier alpha value is -0.420. The molecule has 1 aromatic carbocycles. The second-order valence-electron chi connectivity index (χ2n) is 5.08. The number of nitrogens with one attached hydrogen (secondary N) is 1. The maximum atomic E-state index is 12.2. The number of rotatable bonds is 4. The summed E-state index contributed by atoms with van der Waals surface area (Å²) >= 11 is 13.6. The molecule has 20 heavy (non-hydrogen) atoms. The number of carbonyl (C=O) groups excluding carboxylic acids is 1. The van der Waals surface area contributed by atoms with Crippen LogP contribution in [0.15, 0.2) is 17.0 Å². The van der Waals surface area contributed by atoms with Gasteiger partial charge in [-0.3, -0.25) is 4.79 Å². The van der Waals surface area contributed by atoms with Crippen molar-refractivity contribution in [2.24, 2.45) is 0 Å². The Morgan fingerprint density at radius 2 is 2.00 bits per heavy atom. The smallest absolute Gasteiger partial charge is 0.252 e. The zero-order chi connectivity index (χ0) is 14.8. The third-order valence-corrected chi connectivity index (χ3v) is 5.11. The molecule has 0 aliphatic heterocycles. The Kier molecular flexibility index (Phi) is 5.24. The van der Waals surface area contributed by atoms with E-state index in [-0.39, 0.29) is 12.5 Å². The van der Waals surface area contributed by atoms with E-state index >= 15 is 0 Å². The first-order valence-electron chi connectivity index (χ1n) is 6.49. The molecule has 0 spiro atoms. The van der Waals surface area contributed by atoms with Gasteiger partial charge in [0.05, 0.1) is 21.2 Å². The van der Waals surface area contributed by atoms with Crippen LogP contribution in [-0.4, -0.2) is 29.4 Å². The molecule has 0 heterocycles. The summed E-state index contributed by atoms with van der Waals surface area (Å²) in [5.74, 6) is -0.276. The van der Waals surface area contributed by atoms with Gasteiger partial charge < -0.3 is 10.4 Å². The van der Waals surface area contributed by atoms with Crippen LogP contribution in [0.4, 0.5) is 0 Å². The van der Waals surface area contributed by atoms with Gasteiger partial charge in [-0.15, -0.1) is 11.8 Å². The summed E-state index contributed by atoms with van der Waals surface area (Å²) in [7, 11) is 0. The summed E-state index contributed by atoms with van der Waals surface area (Å²) in [5.41, 5.74) is -0.376. The molecule has 0 aromatic heterocycles. The number of benzene rings is 1. The van der Waals surface area contributed by atoms with Crippen molar-refractivity contribution in [3.63, 3.8) is 0 Å². The zero-order valence-corrected chi connectivity index (χ0v) is 13.5. The normalized spacial score (nSPS) is 17.2. The van der Waals surface area contributed by atoms with Gasteiger partial charge in [0.25, 0.3) is 5.91 Å². The van der Waals surface area contributed by atoms with E-state index in [4.69, 9.17) is 23.2 Å². The summed E-state index contributed by atoms with van der Waals surface area (Å²) in [6.07, 6.45) is 5.36.